The number of aliphatic hydroxyl groups is 1. The van der Waals surface area contributed by atoms with Crippen molar-refractivity contribution < 1.29 is 14.7 Å². The number of piperazine rings is 1. The van der Waals surface area contributed by atoms with Crippen molar-refractivity contribution >= 4 is 81.4 Å². The van der Waals surface area contributed by atoms with Gasteiger partial charge in [0.2, 0.25) is 11.6 Å². The average molecular weight is 477 g/mol. The zero-order chi connectivity index (χ0) is 20.0. The van der Waals surface area contributed by atoms with Crippen molar-refractivity contribution in [2.45, 2.75) is 46.0 Å². The highest BCUT2D eigenvalue weighted by molar-refractivity contribution is 6.68. The summed E-state index contributed by atoms with van der Waals surface area (Å²) in [4.78, 5) is 27.6. The van der Waals surface area contributed by atoms with E-state index in [0.29, 0.717) is 0 Å². The normalized spacial score (nSPS) is 28.4. The molecule has 4 atom stereocenters. The monoisotopic (exact) mass is 474 g/mol. The third-order valence-corrected chi connectivity index (χ3v) is 6.82. The molecular formula is C14H20Cl6N2O3. The number of nitrogens with zero attached hydrogens (tertiary/aromatic N) is 2. The van der Waals surface area contributed by atoms with Crippen LogP contribution in [0.4, 0.5) is 0 Å². The molecule has 1 aliphatic rings. The molecule has 0 bridgehead atoms. The minimum absolute atomic E-state index is 0.123. The number of halogens is 6. The highest BCUT2D eigenvalue weighted by Gasteiger charge is 2.55. The van der Waals surface area contributed by atoms with Gasteiger partial charge in [-0.15, -0.1) is 0 Å². The van der Waals surface area contributed by atoms with Crippen LogP contribution in [-0.4, -0.2) is 60.2 Å². The molecule has 1 aliphatic heterocycles. The van der Waals surface area contributed by atoms with Gasteiger partial charge in [-0.05, 0) is 6.42 Å². The molecule has 0 aromatic heterocycles. The lowest BCUT2D eigenvalue weighted by molar-refractivity contribution is -0.198. The second kappa shape index (κ2) is 7.94. The van der Waals surface area contributed by atoms with Gasteiger partial charge in [-0.25, -0.2) is 0 Å². The summed E-state index contributed by atoms with van der Waals surface area (Å²) in [6, 6.07) is -0.869. The summed E-state index contributed by atoms with van der Waals surface area (Å²) < 4.78 is -3.28. The average Bonchev–Trinajstić information content (AvgIpc) is 2.45. The fourth-order valence-corrected chi connectivity index (χ4v) is 3.13. The molecule has 1 rings (SSSR count). The van der Waals surface area contributed by atoms with Gasteiger partial charge in [0.1, 0.15) is 6.04 Å². The summed E-state index contributed by atoms with van der Waals surface area (Å²) in [6.45, 7) is 3.22. The molecule has 1 heterocycles. The number of carbonyl (C=O) groups is 2. The molecule has 0 saturated carbocycles. The molecule has 0 aromatic rings. The van der Waals surface area contributed by atoms with E-state index < -0.39 is 43.0 Å². The van der Waals surface area contributed by atoms with Gasteiger partial charge in [0.25, 0.3) is 5.91 Å². The van der Waals surface area contributed by atoms with Gasteiger partial charge in [0, 0.05) is 32.4 Å². The number of hydrogen-bond acceptors (Lipinski definition) is 3. The standard InChI is InChI=1S/C14H20Cl6N2O3/c1-7(13(15,16)17)5-9-10(23)22(4)12(25,11(24)21(9)3)6-8(2)14(18,19)20/h7-9,25H,5-6H2,1-4H3. The van der Waals surface area contributed by atoms with Crippen molar-refractivity contribution in [1.29, 1.82) is 0 Å². The molecule has 0 aromatic carbocycles. The molecule has 0 spiro atoms. The van der Waals surface area contributed by atoms with E-state index in [0.717, 1.165) is 9.80 Å². The first-order valence-corrected chi connectivity index (χ1v) is 9.71. The van der Waals surface area contributed by atoms with Crippen molar-refractivity contribution in [3.8, 4) is 0 Å². The number of carbonyl (C=O) groups excluding carboxylic acids is 2. The van der Waals surface area contributed by atoms with Crippen molar-refractivity contribution in [2.75, 3.05) is 14.1 Å². The van der Waals surface area contributed by atoms with Crippen LogP contribution in [0.3, 0.4) is 0 Å². The Morgan fingerprint density at radius 2 is 1.48 bits per heavy atom. The summed E-state index contributed by atoms with van der Waals surface area (Å²) in [6.07, 6.45) is -0.111. The van der Waals surface area contributed by atoms with Gasteiger partial charge in [0.15, 0.2) is 7.59 Å². The fourth-order valence-electron chi connectivity index (χ4n) is 2.63. The third kappa shape index (κ3) is 5.13. The Kier molecular flexibility index (Phi) is 7.52. The Hall–Kier alpha value is 0.640. The lowest BCUT2D eigenvalue weighted by atomic mass is 9.90. The predicted molar refractivity (Wildman–Crippen MR) is 102 cm³/mol. The van der Waals surface area contributed by atoms with Crippen LogP contribution in [0.5, 0.6) is 0 Å². The Balaban J connectivity index is 3.09. The maximum atomic E-state index is 12.8. The van der Waals surface area contributed by atoms with Gasteiger partial charge in [0.05, 0.1) is 0 Å². The Bertz CT molecular complexity index is 536. The Labute approximate surface area is 177 Å². The van der Waals surface area contributed by atoms with Gasteiger partial charge in [-0.1, -0.05) is 83.5 Å². The minimum Gasteiger partial charge on any atom is -0.363 e. The van der Waals surface area contributed by atoms with E-state index in [9.17, 15) is 14.7 Å². The van der Waals surface area contributed by atoms with Crippen LogP contribution in [0.15, 0.2) is 0 Å². The molecule has 2 amide bonds. The molecule has 0 aliphatic carbocycles. The topological polar surface area (TPSA) is 60.9 Å². The van der Waals surface area contributed by atoms with Crippen LogP contribution in [0.25, 0.3) is 0 Å². The molecule has 1 saturated heterocycles. The van der Waals surface area contributed by atoms with Crippen molar-refractivity contribution in [1.82, 2.24) is 9.80 Å². The molecule has 25 heavy (non-hydrogen) atoms. The Morgan fingerprint density at radius 3 is 1.88 bits per heavy atom. The summed E-state index contributed by atoms with van der Waals surface area (Å²) >= 11 is 35.1. The van der Waals surface area contributed by atoms with E-state index in [1.165, 1.54) is 14.1 Å². The van der Waals surface area contributed by atoms with E-state index in [1.54, 1.807) is 13.8 Å². The minimum atomic E-state index is -2.12. The highest BCUT2D eigenvalue weighted by atomic mass is 35.6. The molecule has 0 radical (unpaired) electrons. The first kappa shape index (κ1) is 23.7. The molecule has 146 valence electrons. The Morgan fingerprint density at radius 1 is 1.04 bits per heavy atom. The van der Waals surface area contributed by atoms with Crippen LogP contribution in [0, 0.1) is 11.8 Å². The van der Waals surface area contributed by atoms with Crippen LogP contribution in [-0.2, 0) is 9.59 Å². The van der Waals surface area contributed by atoms with E-state index in [2.05, 4.69) is 0 Å². The first-order valence-electron chi connectivity index (χ1n) is 7.44. The number of likely N-dealkylation sites (N-methyl/N-ethyl adjacent to an activating group) is 2. The van der Waals surface area contributed by atoms with Crippen molar-refractivity contribution in [2.24, 2.45) is 11.8 Å². The predicted octanol–water partition coefficient (Wildman–Crippen LogP) is 3.77. The molecule has 1 fully saturated rings. The van der Waals surface area contributed by atoms with Gasteiger partial charge in [-0.3, -0.25) is 9.59 Å². The van der Waals surface area contributed by atoms with E-state index >= 15 is 0 Å². The van der Waals surface area contributed by atoms with Crippen LogP contribution < -0.4 is 0 Å². The number of alkyl halides is 6. The lowest BCUT2D eigenvalue weighted by Crippen LogP contribution is -2.70. The van der Waals surface area contributed by atoms with Gasteiger partial charge < -0.3 is 14.9 Å². The lowest BCUT2D eigenvalue weighted by Gasteiger charge is -2.48. The maximum Gasteiger partial charge on any atom is 0.276 e. The molecule has 4 unspecified atom stereocenters. The van der Waals surface area contributed by atoms with E-state index in [-0.39, 0.29) is 12.8 Å². The quantitative estimate of drug-likeness (QED) is 0.628. The molecule has 11 heteroatoms. The largest absolute Gasteiger partial charge is 0.363 e. The number of hydrogen-bond donors (Lipinski definition) is 1. The van der Waals surface area contributed by atoms with E-state index in [1.807, 2.05) is 0 Å². The second-order valence-corrected chi connectivity index (χ2v) is 11.2. The zero-order valence-electron chi connectivity index (χ0n) is 14.1. The summed E-state index contributed by atoms with van der Waals surface area (Å²) in [5.41, 5.74) is -2.12. The molecular weight excluding hydrogens is 457 g/mol. The smallest absolute Gasteiger partial charge is 0.276 e. The maximum absolute atomic E-state index is 12.8. The zero-order valence-corrected chi connectivity index (χ0v) is 18.6. The fraction of sp³-hybridized carbons (Fsp3) is 0.857. The van der Waals surface area contributed by atoms with Crippen molar-refractivity contribution in [3.63, 3.8) is 0 Å². The van der Waals surface area contributed by atoms with Crippen LogP contribution in [0.2, 0.25) is 0 Å². The molecule has 1 N–H and O–H groups in total. The van der Waals surface area contributed by atoms with Crippen LogP contribution in [0.1, 0.15) is 26.7 Å². The number of rotatable bonds is 4. The van der Waals surface area contributed by atoms with Crippen LogP contribution >= 0.6 is 69.6 Å². The number of amides is 2. The summed E-state index contributed by atoms with van der Waals surface area (Å²) in [5.74, 6) is -2.35. The second-order valence-electron chi connectivity index (χ2n) is 6.47. The third-order valence-electron chi connectivity index (χ3n) is 4.59. The molecule has 5 nitrogen and oxygen atoms in total. The van der Waals surface area contributed by atoms with Crippen molar-refractivity contribution in [3.05, 3.63) is 0 Å². The van der Waals surface area contributed by atoms with E-state index in [4.69, 9.17) is 69.6 Å². The first-order chi connectivity index (χ1) is 11.0. The highest BCUT2D eigenvalue weighted by Crippen LogP contribution is 2.42. The van der Waals surface area contributed by atoms with Gasteiger partial charge in [-0.2, -0.15) is 0 Å². The van der Waals surface area contributed by atoms with Gasteiger partial charge >= 0.3 is 0 Å². The SMILES string of the molecule is CC(CC1C(=O)N(C)C(O)(CC(C)C(Cl)(Cl)Cl)C(=O)N1C)C(Cl)(Cl)Cl. The summed E-state index contributed by atoms with van der Waals surface area (Å²) in [7, 11) is 2.74. The summed E-state index contributed by atoms with van der Waals surface area (Å²) in [5, 5.41) is 10.9.